The fourth-order valence-corrected chi connectivity index (χ4v) is 4.84. The standard InChI is InChI=1S/C16H23NO4/c1-9(14(17)20)3-12(19)6-15-8-21-16(7-18)5-11(15)4-13(15)10(16)2/h3,10-11,13,18H,4-8H2,1-2H3,(H2,17,20). The van der Waals surface area contributed by atoms with Crippen LogP contribution in [0.25, 0.3) is 0 Å². The maximum absolute atomic E-state index is 12.2. The minimum atomic E-state index is -0.554. The number of aliphatic hydroxyl groups excluding tert-OH is 1. The molecule has 3 aliphatic carbocycles. The quantitative estimate of drug-likeness (QED) is 0.734. The Hall–Kier alpha value is -1.20. The number of primary amides is 1. The minimum Gasteiger partial charge on any atom is -0.393 e. The van der Waals surface area contributed by atoms with Crippen molar-refractivity contribution in [2.45, 2.75) is 38.7 Å². The van der Waals surface area contributed by atoms with Gasteiger partial charge in [-0.05, 0) is 43.6 Å². The van der Waals surface area contributed by atoms with Gasteiger partial charge in [0.05, 0.1) is 18.8 Å². The van der Waals surface area contributed by atoms with Crippen LogP contribution < -0.4 is 5.73 Å². The summed E-state index contributed by atoms with van der Waals surface area (Å²) < 4.78 is 5.97. The number of hydrogen-bond donors (Lipinski definition) is 2. The molecule has 4 bridgehead atoms. The molecule has 116 valence electrons. The lowest BCUT2D eigenvalue weighted by Gasteiger charge is -2.72. The smallest absolute Gasteiger partial charge is 0.244 e. The van der Waals surface area contributed by atoms with Gasteiger partial charge in [-0.1, -0.05) is 6.92 Å². The van der Waals surface area contributed by atoms with E-state index in [2.05, 4.69) is 6.92 Å². The highest BCUT2D eigenvalue weighted by molar-refractivity contribution is 6.00. The van der Waals surface area contributed by atoms with Gasteiger partial charge in [0.1, 0.15) is 0 Å². The first-order valence-electron chi connectivity index (χ1n) is 7.60. The minimum absolute atomic E-state index is 0.0461. The molecule has 2 saturated heterocycles. The summed E-state index contributed by atoms with van der Waals surface area (Å²) in [5.41, 5.74) is 4.99. The molecular weight excluding hydrogens is 270 g/mol. The van der Waals surface area contributed by atoms with Crippen LogP contribution in [0.15, 0.2) is 11.6 Å². The fraction of sp³-hybridized carbons (Fsp3) is 0.750. The van der Waals surface area contributed by atoms with Gasteiger partial charge in [-0.15, -0.1) is 0 Å². The van der Waals surface area contributed by atoms with Crippen molar-refractivity contribution in [1.29, 1.82) is 0 Å². The van der Waals surface area contributed by atoms with Gasteiger partial charge in [-0.2, -0.15) is 0 Å². The first-order valence-corrected chi connectivity index (χ1v) is 7.60. The highest BCUT2D eigenvalue weighted by atomic mass is 16.5. The number of hydrogen-bond acceptors (Lipinski definition) is 4. The van der Waals surface area contributed by atoms with Gasteiger partial charge < -0.3 is 15.6 Å². The van der Waals surface area contributed by atoms with E-state index in [9.17, 15) is 14.7 Å². The molecule has 0 aromatic heterocycles. The van der Waals surface area contributed by atoms with Gasteiger partial charge in [0, 0.05) is 17.4 Å². The summed E-state index contributed by atoms with van der Waals surface area (Å²) in [5, 5.41) is 9.67. The highest BCUT2D eigenvalue weighted by Crippen LogP contribution is 2.70. The van der Waals surface area contributed by atoms with Gasteiger partial charge in [-0.3, -0.25) is 9.59 Å². The second kappa shape index (κ2) is 4.65. The summed E-state index contributed by atoms with van der Waals surface area (Å²) in [7, 11) is 0. The Morgan fingerprint density at radius 3 is 2.71 bits per heavy atom. The van der Waals surface area contributed by atoms with Gasteiger partial charge in [0.2, 0.25) is 5.91 Å². The van der Waals surface area contributed by atoms with Crippen molar-refractivity contribution in [3.8, 4) is 0 Å². The molecule has 5 atom stereocenters. The van der Waals surface area contributed by atoms with Crippen molar-refractivity contribution in [3.05, 3.63) is 11.6 Å². The number of amides is 1. The third-order valence-corrected chi connectivity index (χ3v) is 6.28. The number of ether oxygens (including phenoxy) is 1. The second-order valence-corrected chi connectivity index (χ2v) is 7.11. The van der Waals surface area contributed by atoms with E-state index in [1.54, 1.807) is 6.92 Å². The van der Waals surface area contributed by atoms with E-state index in [0.29, 0.717) is 30.4 Å². The van der Waals surface area contributed by atoms with Crippen LogP contribution in [-0.2, 0) is 14.3 Å². The zero-order valence-corrected chi connectivity index (χ0v) is 12.6. The summed E-state index contributed by atoms with van der Waals surface area (Å²) in [6.07, 6.45) is 3.74. The van der Waals surface area contributed by atoms with Crippen LogP contribution in [0.4, 0.5) is 0 Å². The Labute approximate surface area is 124 Å². The molecule has 3 saturated carbocycles. The fourth-order valence-electron chi connectivity index (χ4n) is 4.84. The first kappa shape index (κ1) is 14.7. The highest BCUT2D eigenvalue weighted by Gasteiger charge is 2.70. The van der Waals surface area contributed by atoms with E-state index >= 15 is 0 Å². The van der Waals surface area contributed by atoms with E-state index in [1.165, 1.54) is 6.08 Å². The van der Waals surface area contributed by atoms with E-state index in [1.807, 2.05) is 0 Å². The third kappa shape index (κ3) is 1.90. The maximum Gasteiger partial charge on any atom is 0.244 e. The monoisotopic (exact) mass is 293 g/mol. The Bertz CT molecular complexity index is 528. The molecule has 5 fully saturated rings. The van der Waals surface area contributed by atoms with Crippen molar-refractivity contribution < 1.29 is 19.4 Å². The molecule has 5 nitrogen and oxygen atoms in total. The van der Waals surface area contributed by atoms with Crippen LogP contribution in [0.1, 0.15) is 33.1 Å². The molecule has 0 aromatic carbocycles. The van der Waals surface area contributed by atoms with Crippen molar-refractivity contribution in [2.24, 2.45) is 28.9 Å². The number of carbonyl (C=O) groups excluding carboxylic acids is 2. The third-order valence-electron chi connectivity index (χ3n) is 6.28. The largest absolute Gasteiger partial charge is 0.393 e. The van der Waals surface area contributed by atoms with Crippen LogP contribution in [-0.4, -0.2) is 35.6 Å². The van der Waals surface area contributed by atoms with Crippen LogP contribution in [0.2, 0.25) is 0 Å². The molecule has 21 heavy (non-hydrogen) atoms. The Kier molecular flexibility index (Phi) is 3.26. The average Bonchev–Trinajstić information content (AvgIpc) is 2.42. The number of aliphatic hydroxyl groups is 1. The van der Waals surface area contributed by atoms with E-state index in [4.69, 9.17) is 10.5 Å². The van der Waals surface area contributed by atoms with Crippen molar-refractivity contribution >= 4 is 11.7 Å². The summed E-state index contributed by atoms with van der Waals surface area (Å²) in [4.78, 5) is 23.3. The van der Waals surface area contributed by atoms with E-state index < -0.39 is 11.5 Å². The first-order chi connectivity index (χ1) is 9.84. The number of allylic oxidation sites excluding steroid dienone is 1. The van der Waals surface area contributed by atoms with Crippen LogP contribution in [0.5, 0.6) is 0 Å². The van der Waals surface area contributed by atoms with Crippen molar-refractivity contribution in [3.63, 3.8) is 0 Å². The van der Waals surface area contributed by atoms with Crippen LogP contribution >= 0.6 is 0 Å². The lowest BCUT2D eigenvalue weighted by molar-refractivity contribution is -0.330. The Balaban J connectivity index is 1.78. The molecule has 1 amide bonds. The number of rotatable bonds is 5. The molecule has 0 spiro atoms. The van der Waals surface area contributed by atoms with Crippen molar-refractivity contribution in [1.82, 2.24) is 0 Å². The molecule has 5 aliphatic rings. The number of ketones is 1. The molecule has 5 rings (SSSR count). The van der Waals surface area contributed by atoms with E-state index in [-0.39, 0.29) is 23.7 Å². The molecule has 5 heteroatoms. The lowest BCUT2D eigenvalue weighted by atomic mass is 9.38. The summed E-state index contributed by atoms with van der Waals surface area (Å²) in [5.74, 6) is 0.557. The predicted octanol–water partition coefficient (Wildman–Crippen LogP) is 0.801. The Morgan fingerprint density at radius 1 is 1.48 bits per heavy atom. The SMILES string of the molecule is CC(=CC(=O)CC12COC3(CO)CC1CC2C3C)C(N)=O. The summed E-state index contributed by atoms with van der Waals surface area (Å²) in [6.45, 7) is 4.30. The van der Waals surface area contributed by atoms with E-state index in [0.717, 1.165) is 12.8 Å². The van der Waals surface area contributed by atoms with Crippen LogP contribution in [0.3, 0.4) is 0 Å². The second-order valence-electron chi connectivity index (χ2n) is 7.11. The molecule has 3 N–H and O–H groups in total. The molecule has 2 heterocycles. The van der Waals surface area contributed by atoms with Gasteiger partial charge in [-0.25, -0.2) is 0 Å². The molecule has 0 aromatic rings. The van der Waals surface area contributed by atoms with Crippen LogP contribution in [0, 0.1) is 23.2 Å². The summed E-state index contributed by atoms with van der Waals surface area (Å²) >= 11 is 0. The van der Waals surface area contributed by atoms with Gasteiger partial charge in [0.15, 0.2) is 5.78 Å². The zero-order chi connectivity index (χ0) is 15.4. The number of carbonyl (C=O) groups is 2. The van der Waals surface area contributed by atoms with Crippen molar-refractivity contribution in [2.75, 3.05) is 13.2 Å². The molecule has 2 aliphatic heterocycles. The summed E-state index contributed by atoms with van der Waals surface area (Å²) in [6, 6.07) is 0. The molecule has 5 unspecified atom stereocenters. The number of nitrogens with two attached hydrogens (primary N) is 1. The number of fused-ring (bicyclic) bond motifs is 1. The van der Waals surface area contributed by atoms with Gasteiger partial charge in [0.25, 0.3) is 0 Å². The average molecular weight is 293 g/mol. The predicted molar refractivity (Wildman–Crippen MR) is 76.2 cm³/mol. The molecule has 0 radical (unpaired) electrons. The zero-order valence-electron chi connectivity index (χ0n) is 12.6. The molecular formula is C16H23NO4. The lowest BCUT2D eigenvalue weighted by Crippen LogP contribution is -2.73. The van der Waals surface area contributed by atoms with Gasteiger partial charge >= 0.3 is 0 Å². The maximum atomic E-state index is 12.2. The topological polar surface area (TPSA) is 89.6 Å². The Morgan fingerprint density at radius 2 is 2.19 bits per heavy atom. The normalized spacial score (nSPS) is 44.3.